The Hall–Kier alpha value is -3.06. The number of aromatic nitrogens is 1. The molecule has 0 radical (unpaired) electrons. The van der Waals surface area contributed by atoms with Crippen molar-refractivity contribution in [3.05, 3.63) is 46.8 Å². The lowest BCUT2D eigenvalue weighted by Crippen LogP contribution is -2.28. The Balaban J connectivity index is 0.00000261. The van der Waals surface area contributed by atoms with E-state index in [1.807, 2.05) is 6.07 Å². The van der Waals surface area contributed by atoms with Gasteiger partial charge in [-0.3, -0.25) is 4.79 Å². The van der Waals surface area contributed by atoms with Gasteiger partial charge in [0.15, 0.2) is 23.0 Å². The summed E-state index contributed by atoms with van der Waals surface area (Å²) < 4.78 is 22.5. The Kier molecular flexibility index (Phi) is 6.07. The van der Waals surface area contributed by atoms with Gasteiger partial charge in [-0.15, -0.1) is 12.4 Å². The fourth-order valence-corrected chi connectivity index (χ4v) is 2.94. The van der Waals surface area contributed by atoms with Gasteiger partial charge in [-0.25, -0.2) is 4.68 Å². The van der Waals surface area contributed by atoms with E-state index in [4.69, 9.17) is 24.8 Å². The van der Waals surface area contributed by atoms with Gasteiger partial charge in [-0.1, -0.05) is 0 Å². The van der Waals surface area contributed by atoms with Crippen molar-refractivity contribution in [3.63, 3.8) is 0 Å². The molecule has 8 heteroatoms. The molecule has 0 saturated heterocycles. The van der Waals surface area contributed by atoms with Crippen molar-refractivity contribution in [2.75, 3.05) is 34.3 Å². The van der Waals surface area contributed by atoms with E-state index in [2.05, 4.69) is 0 Å². The second-order valence-electron chi connectivity index (χ2n) is 5.57. The Bertz CT molecular complexity index is 1030. The van der Waals surface area contributed by atoms with Gasteiger partial charge in [0.05, 0.1) is 34.1 Å². The fourth-order valence-electron chi connectivity index (χ4n) is 2.94. The SMILES string of the molecule is COc1ccc(-c2c3cc(OC)c(OC)cc3cc(=O)n2N)cc1OC.Cl. The monoisotopic (exact) mass is 392 g/mol. The van der Waals surface area contributed by atoms with Crippen LogP contribution in [0, 0.1) is 0 Å². The molecule has 0 aliphatic carbocycles. The molecule has 1 heterocycles. The number of methoxy groups -OCH3 is 4. The molecule has 0 atom stereocenters. The number of rotatable bonds is 5. The van der Waals surface area contributed by atoms with E-state index in [1.54, 1.807) is 52.7 Å². The maximum atomic E-state index is 12.4. The molecule has 3 rings (SSSR count). The second kappa shape index (κ2) is 8.09. The molecule has 0 spiro atoms. The predicted molar refractivity (Wildman–Crippen MR) is 107 cm³/mol. The van der Waals surface area contributed by atoms with Crippen LogP contribution in [0.4, 0.5) is 0 Å². The Labute approximate surface area is 162 Å². The number of hydrogen-bond acceptors (Lipinski definition) is 6. The number of nitrogens with two attached hydrogens (primary N) is 1. The summed E-state index contributed by atoms with van der Waals surface area (Å²) in [7, 11) is 6.21. The van der Waals surface area contributed by atoms with Gasteiger partial charge in [0, 0.05) is 17.0 Å². The molecule has 0 fully saturated rings. The van der Waals surface area contributed by atoms with Gasteiger partial charge in [0.25, 0.3) is 5.56 Å². The van der Waals surface area contributed by atoms with Crippen molar-refractivity contribution >= 4 is 23.2 Å². The van der Waals surface area contributed by atoms with Crippen molar-refractivity contribution in [2.45, 2.75) is 0 Å². The van der Waals surface area contributed by atoms with Crippen LogP contribution in [0.15, 0.2) is 41.2 Å². The Morgan fingerprint density at radius 2 is 1.33 bits per heavy atom. The number of fused-ring (bicyclic) bond motifs is 1. The number of nitrogen functional groups attached to an aromatic ring is 1. The van der Waals surface area contributed by atoms with Crippen LogP contribution < -0.4 is 30.3 Å². The lowest BCUT2D eigenvalue weighted by Gasteiger charge is -2.16. The molecule has 27 heavy (non-hydrogen) atoms. The number of hydrogen-bond donors (Lipinski definition) is 1. The Morgan fingerprint density at radius 3 is 1.93 bits per heavy atom. The smallest absolute Gasteiger partial charge is 0.269 e. The molecular weight excluding hydrogens is 372 g/mol. The minimum Gasteiger partial charge on any atom is -0.493 e. The van der Waals surface area contributed by atoms with Crippen molar-refractivity contribution in [1.82, 2.24) is 4.68 Å². The summed E-state index contributed by atoms with van der Waals surface area (Å²) in [6, 6.07) is 10.4. The summed E-state index contributed by atoms with van der Waals surface area (Å²) >= 11 is 0. The largest absolute Gasteiger partial charge is 0.493 e. The van der Waals surface area contributed by atoms with Crippen LogP contribution in [0.3, 0.4) is 0 Å². The van der Waals surface area contributed by atoms with Crippen LogP contribution in [0.25, 0.3) is 22.0 Å². The van der Waals surface area contributed by atoms with E-state index in [-0.39, 0.29) is 18.0 Å². The molecule has 0 saturated carbocycles. The van der Waals surface area contributed by atoms with Gasteiger partial charge < -0.3 is 24.8 Å². The van der Waals surface area contributed by atoms with Crippen molar-refractivity contribution in [1.29, 1.82) is 0 Å². The number of pyridine rings is 1. The number of nitrogens with zero attached hydrogens (tertiary/aromatic N) is 1. The normalized spacial score (nSPS) is 10.2. The zero-order valence-corrected chi connectivity index (χ0v) is 16.3. The molecule has 144 valence electrons. The van der Waals surface area contributed by atoms with Crippen LogP contribution in [-0.2, 0) is 0 Å². The first-order chi connectivity index (χ1) is 12.5. The van der Waals surface area contributed by atoms with E-state index >= 15 is 0 Å². The highest BCUT2D eigenvalue weighted by Crippen LogP contribution is 2.38. The van der Waals surface area contributed by atoms with Crippen molar-refractivity contribution in [3.8, 4) is 34.3 Å². The summed E-state index contributed by atoms with van der Waals surface area (Å²) in [4.78, 5) is 12.4. The molecule has 1 aromatic heterocycles. The summed E-state index contributed by atoms with van der Waals surface area (Å²) in [6.45, 7) is 0. The molecular formula is C19H21ClN2O5. The van der Waals surface area contributed by atoms with Crippen LogP contribution in [0.1, 0.15) is 0 Å². The fraction of sp³-hybridized carbons (Fsp3) is 0.211. The summed E-state index contributed by atoms with van der Waals surface area (Å²) in [5.41, 5.74) is 0.906. The van der Waals surface area contributed by atoms with Crippen LogP contribution in [-0.4, -0.2) is 33.1 Å². The third-order valence-corrected chi connectivity index (χ3v) is 4.23. The maximum absolute atomic E-state index is 12.4. The minimum absolute atomic E-state index is 0. The van der Waals surface area contributed by atoms with Gasteiger partial charge >= 0.3 is 0 Å². The molecule has 0 amide bonds. The van der Waals surface area contributed by atoms with E-state index in [1.165, 1.54) is 6.07 Å². The molecule has 0 aliphatic rings. The number of halogens is 1. The van der Waals surface area contributed by atoms with E-state index in [9.17, 15) is 4.79 Å². The third kappa shape index (κ3) is 3.46. The van der Waals surface area contributed by atoms with Gasteiger partial charge in [-0.05, 0) is 35.7 Å². The first-order valence-corrected chi connectivity index (χ1v) is 7.83. The van der Waals surface area contributed by atoms with Gasteiger partial charge in [0.2, 0.25) is 0 Å². The highest BCUT2D eigenvalue weighted by molar-refractivity contribution is 5.97. The third-order valence-electron chi connectivity index (χ3n) is 4.23. The molecule has 2 aromatic carbocycles. The van der Waals surface area contributed by atoms with Crippen LogP contribution in [0.5, 0.6) is 23.0 Å². The molecule has 0 unspecified atom stereocenters. The predicted octanol–water partition coefficient (Wildman–Crippen LogP) is 2.84. The van der Waals surface area contributed by atoms with E-state index in [0.717, 1.165) is 10.1 Å². The highest BCUT2D eigenvalue weighted by Gasteiger charge is 2.16. The molecule has 7 nitrogen and oxygen atoms in total. The van der Waals surface area contributed by atoms with E-state index < -0.39 is 0 Å². The quantitative estimate of drug-likeness (QED) is 0.672. The summed E-state index contributed by atoms with van der Waals surface area (Å²) in [5, 5.41) is 1.44. The first kappa shape index (κ1) is 20.3. The summed E-state index contributed by atoms with van der Waals surface area (Å²) in [5.74, 6) is 8.26. The molecule has 0 bridgehead atoms. The van der Waals surface area contributed by atoms with Crippen LogP contribution >= 0.6 is 12.4 Å². The standard InChI is InChI=1S/C19H20N2O5.ClH/c1-23-14-6-5-11(7-15(14)24-2)19-13-10-17(26-4)16(25-3)8-12(13)9-18(22)21(19)20;/h5-10H,20H2,1-4H3;1H. The highest BCUT2D eigenvalue weighted by atomic mass is 35.5. The molecule has 2 N–H and O–H groups in total. The topological polar surface area (TPSA) is 84.9 Å². The average Bonchev–Trinajstić information content (AvgIpc) is 2.67. The second-order valence-corrected chi connectivity index (χ2v) is 5.57. The van der Waals surface area contributed by atoms with Crippen molar-refractivity contribution in [2.24, 2.45) is 0 Å². The zero-order chi connectivity index (χ0) is 18.8. The average molecular weight is 393 g/mol. The first-order valence-electron chi connectivity index (χ1n) is 7.83. The molecule has 3 aromatic rings. The minimum atomic E-state index is -0.338. The molecule has 0 aliphatic heterocycles. The zero-order valence-electron chi connectivity index (χ0n) is 15.4. The summed E-state index contributed by atoms with van der Waals surface area (Å²) in [6.07, 6.45) is 0. The van der Waals surface area contributed by atoms with Gasteiger partial charge in [0.1, 0.15) is 0 Å². The number of benzene rings is 2. The van der Waals surface area contributed by atoms with Gasteiger partial charge in [-0.2, -0.15) is 0 Å². The number of ether oxygens (including phenoxy) is 4. The lowest BCUT2D eigenvalue weighted by atomic mass is 10.0. The Morgan fingerprint density at radius 1 is 0.778 bits per heavy atom. The maximum Gasteiger partial charge on any atom is 0.269 e. The lowest BCUT2D eigenvalue weighted by molar-refractivity contribution is 0.355. The van der Waals surface area contributed by atoms with Crippen molar-refractivity contribution < 1.29 is 18.9 Å². The van der Waals surface area contributed by atoms with Crippen LogP contribution in [0.2, 0.25) is 0 Å². The van der Waals surface area contributed by atoms with E-state index in [0.29, 0.717) is 39.6 Å².